The Morgan fingerprint density at radius 2 is 2.05 bits per heavy atom. The highest BCUT2D eigenvalue weighted by atomic mass is 35.5. The summed E-state index contributed by atoms with van der Waals surface area (Å²) in [6.45, 7) is 0.514. The van der Waals surface area contributed by atoms with E-state index in [1.165, 1.54) is 4.90 Å². The number of carbonyl (C=O) groups excluding carboxylic acids is 1. The Morgan fingerprint density at radius 3 is 2.74 bits per heavy atom. The monoisotopic (exact) mass is 281 g/mol. The molecule has 0 aliphatic carbocycles. The van der Waals surface area contributed by atoms with Crippen molar-refractivity contribution in [2.45, 2.75) is 31.7 Å². The fraction of sp³-hybridized carbons (Fsp3) is 0.429. The molecule has 0 radical (unpaired) electrons. The van der Waals surface area contributed by atoms with Gasteiger partial charge in [0.1, 0.15) is 6.04 Å². The van der Waals surface area contributed by atoms with Crippen molar-refractivity contribution in [1.29, 1.82) is 0 Å². The first-order chi connectivity index (χ1) is 9.09. The van der Waals surface area contributed by atoms with E-state index in [2.05, 4.69) is 0 Å². The van der Waals surface area contributed by atoms with Gasteiger partial charge < -0.3 is 10.0 Å². The highest BCUT2D eigenvalue weighted by molar-refractivity contribution is 6.31. The molecule has 0 aromatic heterocycles. The van der Waals surface area contributed by atoms with Crippen LogP contribution in [0.5, 0.6) is 0 Å². The lowest BCUT2D eigenvalue weighted by Gasteiger charge is -2.33. The SMILES string of the molecule is O=C(O)C1CCCCN1C(=O)Cc1ccccc1Cl. The quantitative estimate of drug-likeness (QED) is 0.925. The Morgan fingerprint density at radius 1 is 1.32 bits per heavy atom. The van der Waals surface area contributed by atoms with E-state index in [0.717, 1.165) is 18.4 Å². The molecule has 1 unspecified atom stereocenters. The third kappa shape index (κ3) is 3.26. The van der Waals surface area contributed by atoms with E-state index >= 15 is 0 Å². The molecule has 1 heterocycles. The molecule has 1 amide bonds. The standard InChI is InChI=1S/C14H16ClNO3/c15-11-6-2-1-5-10(11)9-13(17)16-8-4-3-7-12(16)14(18)19/h1-2,5-6,12H,3-4,7-9H2,(H,18,19). The Balaban J connectivity index is 2.10. The van der Waals surface area contributed by atoms with Gasteiger partial charge in [-0.25, -0.2) is 4.79 Å². The van der Waals surface area contributed by atoms with Crippen LogP contribution in [0.1, 0.15) is 24.8 Å². The third-order valence-corrected chi connectivity index (χ3v) is 3.78. The summed E-state index contributed by atoms with van der Waals surface area (Å²) in [5.41, 5.74) is 0.740. The first kappa shape index (κ1) is 13.9. The number of hydrogen-bond donors (Lipinski definition) is 1. The maximum absolute atomic E-state index is 12.2. The molecule has 102 valence electrons. The van der Waals surface area contributed by atoms with Crippen LogP contribution in [0.3, 0.4) is 0 Å². The zero-order chi connectivity index (χ0) is 13.8. The van der Waals surface area contributed by atoms with Crippen LogP contribution in [0.15, 0.2) is 24.3 Å². The van der Waals surface area contributed by atoms with Gasteiger partial charge in [-0.1, -0.05) is 29.8 Å². The summed E-state index contributed by atoms with van der Waals surface area (Å²) in [7, 11) is 0. The predicted molar refractivity (Wildman–Crippen MR) is 72.1 cm³/mol. The van der Waals surface area contributed by atoms with E-state index in [9.17, 15) is 9.59 Å². The van der Waals surface area contributed by atoms with Crippen LogP contribution in [0, 0.1) is 0 Å². The number of likely N-dealkylation sites (tertiary alicyclic amines) is 1. The van der Waals surface area contributed by atoms with Crippen molar-refractivity contribution in [2.75, 3.05) is 6.54 Å². The Hall–Kier alpha value is -1.55. The maximum Gasteiger partial charge on any atom is 0.326 e. The van der Waals surface area contributed by atoms with Crippen molar-refractivity contribution in [3.05, 3.63) is 34.9 Å². The molecule has 2 rings (SSSR count). The average molecular weight is 282 g/mol. The first-order valence-electron chi connectivity index (χ1n) is 6.35. The van der Waals surface area contributed by atoms with Crippen molar-refractivity contribution >= 4 is 23.5 Å². The van der Waals surface area contributed by atoms with E-state index in [4.69, 9.17) is 16.7 Å². The largest absolute Gasteiger partial charge is 0.480 e. The second-order valence-corrected chi connectivity index (χ2v) is 5.11. The molecule has 1 aliphatic rings. The zero-order valence-electron chi connectivity index (χ0n) is 10.5. The number of nitrogens with zero attached hydrogens (tertiary/aromatic N) is 1. The van der Waals surface area contributed by atoms with Gasteiger partial charge in [0.05, 0.1) is 6.42 Å². The van der Waals surface area contributed by atoms with Gasteiger partial charge >= 0.3 is 5.97 Å². The summed E-state index contributed by atoms with van der Waals surface area (Å²) < 4.78 is 0. The summed E-state index contributed by atoms with van der Waals surface area (Å²) >= 11 is 6.02. The number of benzene rings is 1. The lowest BCUT2D eigenvalue weighted by atomic mass is 10.0. The van der Waals surface area contributed by atoms with Gasteiger partial charge in [0.15, 0.2) is 0 Å². The van der Waals surface area contributed by atoms with Crippen molar-refractivity contribution in [1.82, 2.24) is 4.90 Å². The Kier molecular flexibility index (Phi) is 4.43. The number of halogens is 1. The van der Waals surface area contributed by atoms with Crippen molar-refractivity contribution in [3.63, 3.8) is 0 Å². The summed E-state index contributed by atoms with van der Waals surface area (Å²) in [4.78, 5) is 24.9. The number of rotatable bonds is 3. The van der Waals surface area contributed by atoms with E-state index in [1.807, 2.05) is 6.07 Å². The first-order valence-corrected chi connectivity index (χ1v) is 6.73. The summed E-state index contributed by atoms with van der Waals surface area (Å²) in [5, 5.41) is 9.70. The molecular weight excluding hydrogens is 266 g/mol. The molecule has 0 spiro atoms. The molecule has 1 saturated heterocycles. The minimum Gasteiger partial charge on any atom is -0.480 e. The van der Waals surface area contributed by atoms with Gasteiger partial charge in [-0.2, -0.15) is 0 Å². The number of carboxylic acids is 1. The van der Waals surface area contributed by atoms with E-state index < -0.39 is 12.0 Å². The van der Waals surface area contributed by atoms with Gasteiger partial charge in [-0.3, -0.25) is 4.79 Å². The summed E-state index contributed by atoms with van der Waals surface area (Å²) in [6, 6.07) is 6.45. The molecule has 1 aromatic carbocycles. The Bertz CT molecular complexity index is 489. The van der Waals surface area contributed by atoms with E-state index in [1.54, 1.807) is 18.2 Å². The van der Waals surface area contributed by atoms with E-state index in [-0.39, 0.29) is 12.3 Å². The molecule has 4 nitrogen and oxygen atoms in total. The lowest BCUT2D eigenvalue weighted by molar-refractivity contribution is -0.151. The van der Waals surface area contributed by atoms with Gasteiger partial charge in [0, 0.05) is 11.6 Å². The highest BCUT2D eigenvalue weighted by Gasteiger charge is 2.31. The second kappa shape index (κ2) is 6.06. The second-order valence-electron chi connectivity index (χ2n) is 4.71. The molecule has 0 saturated carbocycles. The topological polar surface area (TPSA) is 57.6 Å². The maximum atomic E-state index is 12.2. The predicted octanol–water partition coefficient (Wildman–Crippen LogP) is 2.35. The molecule has 0 bridgehead atoms. The molecule has 1 atom stereocenters. The number of amides is 1. The number of hydrogen-bond acceptors (Lipinski definition) is 2. The van der Waals surface area contributed by atoms with Crippen LogP contribution >= 0.6 is 11.6 Å². The molecule has 5 heteroatoms. The van der Waals surface area contributed by atoms with Crippen LogP contribution in [0.4, 0.5) is 0 Å². The average Bonchev–Trinajstić information content (AvgIpc) is 2.41. The number of piperidine rings is 1. The fourth-order valence-corrected chi connectivity index (χ4v) is 2.60. The van der Waals surface area contributed by atoms with Crippen LogP contribution < -0.4 is 0 Å². The van der Waals surface area contributed by atoms with Gasteiger partial charge in [-0.05, 0) is 30.9 Å². The van der Waals surface area contributed by atoms with Crippen molar-refractivity contribution in [2.24, 2.45) is 0 Å². The lowest BCUT2D eigenvalue weighted by Crippen LogP contribution is -2.48. The molecule has 1 aromatic rings. The molecular formula is C14H16ClNO3. The van der Waals surface area contributed by atoms with Crippen molar-refractivity contribution < 1.29 is 14.7 Å². The third-order valence-electron chi connectivity index (χ3n) is 3.41. The molecule has 1 N–H and O–H groups in total. The van der Waals surface area contributed by atoms with Crippen LogP contribution in [-0.2, 0) is 16.0 Å². The minimum absolute atomic E-state index is 0.156. The van der Waals surface area contributed by atoms with Crippen LogP contribution in [0.25, 0.3) is 0 Å². The fourth-order valence-electron chi connectivity index (χ4n) is 2.39. The van der Waals surface area contributed by atoms with Crippen LogP contribution in [0.2, 0.25) is 5.02 Å². The van der Waals surface area contributed by atoms with Crippen molar-refractivity contribution in [3.8, 4) is 0 Å². The molecule has 1 fully saturated rings. The zero-order valence-corrected chi connectivity index (χ0v) is 11.3. The van der Waals surface area contributed by atoms with Gasteiger partial charge in [0.2, 0.25) is 5.91 Å². The molecule has 19 heavy (non-hydrogen) atoms. The summed E-state index contributed by atoms with van der Waals surface area (Å²) in [5.74, 6) is -1.09. The number of carboxylic acid groups (broad SMARTS) is 1. The minimum atomic E-state index is -0.924. The smallest absolute Gasteiger partial charge is 0.326 e. The van der Waals surface area contributed by atoms with Gasteiger partial charge in [0.25, 0.3) is 0 Å². The van der Waals surface area contributed by atoms with E-state index in [0.29, 0.717) is 18.0 Å². The highest BCUT2D eigenvalue weighted by Crippen LogP contribution is 2.21. The number of carbonyl (C=O) groups is 2. The Labute approximate surface area is 117 Å². The van der Waals surface area contributed by atoms with Gasteiger partial charge in [-0.15, -0.1) is 0 Å². The normalized spacial score (nSPS) is 19.2. The number of aliphatic carboxylic acids is 1. The van der Waals surface area contributed by atoms with Crippen LogP contribution in [-0.4, -0.2) is 34.5 Å². The summed E-state index contributed by atoms with van der Waals surface area (Å²) in [6.07, 6.45) is 2.40. The molecule has 1 aliphatic heterocycles.